The molecule has 0 aliphatic rings. The van der Waals surface area contributed by atoms with Crippen LogP contribution in [-0.4, -0.2) is 28.0 Å². The summed E-state index contributed by atoms with van der Waals surface area (Å²) >= 11 is 0. The molecule has 2 aromatic rings. The van der Waals surface area contributed by atoms with Crippen LogP contribution < -0.4 is 20.2 Å². The van der Waals surface area contributed by atoms with Crippen molar-refractivity contribution in [2.75, 3.05) is 32.9 Å². The second-order valence-electron chi connectivity index (χ2n) is 7.53. The molecule has 0 saturated heterocycles. The molecule has 0 spiro atoms. The van der Waals surface area contributed by atoms with Crippen molar-refractivity contribution in [1.82, 2.24) is 0 Å². The molecule has 0 aliphatic heterocycles. The van der Waals surface area contributed by atoms with Crippen molar-refractivity contribution in [3.63, 3.8) is 0 Å². The number of para-hydroxylation sites is 1. The fourth-order valence-corrected chi connectivity index (χ4v) is 4.34. The first-order chi connectivity index (χ1) is 11.7. The molecule has 0 aromatic heterocycles. The highest BCUT2D eigenvalue weighted by molar-refractivity contribution is 7.56. The quantitative estimate of drug-likeness (QED) is 0.575. The van der Waals surface area contributed by atoms with Crippen molar-refractivity contribution in [2.45, 2.75) is 33.1 Å². The monoisotopic (exact) mass is 359 g/mol. The zero-order valence-electron chi connectivity index (χ0n) is 16.4. The second-order valence-corrected chi connectivity index (χ2v) is 8.85. The average molecular weight is 359 g/mol. The number of ether oxygens (including phenoxy) is 2. The number of benzene rings is 2. The minimum Gasteiger partial charge on any atom is -0.467 e. The maximum atomic E-state index is 6.04. The van der Waals surface area contributed by atoms with Gasteiger partial charge >= 0.3 is 0 Å². The number of anilines is 1. The first kappa shape index (κ1) is 19.8. The van der Waals surface area contributed by atoms with Gasteiger partial charge in [0.15, 0.2) is 6.79 Å². The van der Waals surface area contributed by atoms with E-state index in [2.05, 4.69) is 83.1 Å². The Kier molecular flexibility index (Phi) is 6.48. The van der Waals surface area contributed by atoms with Crippen molar-refractivity contribution in [3.8, 4) is 5.75 Å². The van der Waals surface area contributed by atoms with E-state index in [4.69, 9.17) is 9.47 Å². The first-order valence-electron chi connectivity index (χ1n) is 8.54. The normalized spacial score (nSPS) is 12.0. The third-order valence-electron chi connectivity index (χ3n) is 4.02. The van der Waals surface area contributed by atoms with E-state index in [1.54, 1.807) is 7.11 Å². The molecule has 1 unspecified atom stereocenters. The summed E-state index contributed by atoms with van der Waals surface area (Å²) in [6.07, 6.45) is 0. The van der Waals surface area contributed by atoms with Gasteiger partial charge in [0.2, 0.25) is 0 Å². The van der Waals surface area contributed by atoms with E-state index in [0.717, 1.165) is 5.75 Å². The van der Waals surface area contributed by atoms with Crippen LogP contribution in [0.3, 0.4) is 0 Å². The summed E-state index contributed by atoms with van der Waals surface area (Å²) in [4.78, 5) is 2.17. The lowest BCUT2D eigenvalue weighted by atomic mass is 9.85. The van der Waals surface area contributed by atoms with Gasteiger partial charge in [-0.05, 0) is 30.0 Å². The van der Waals surface area contributed by atoms with Gasteiger partial charge < -0.3 is 14.4 Å². The molecule has 3 nitrogen and oxygen atoms in total. The van der Waals surface area contributed by atoms with E-state index in [1.807, 2.05) is 0 Å². The Bertz CT molecular complexity index is 720. The van der Waals surface area contributed by atoms with Gasteiger partial charge in [-0.1, -0.05) is 53.6 Å². The topological polar surface area (TPSA) is 21.7 Å². The maximum absolute atomic E-state index is 6.04. The van der Waals surface area contributed by atoms with Gasteiger partial charge in [-0.25, -0.2) is 0 Å². The molecule has 4 heteroatoms. The van der Waals surface area contributed by atoms with Gasteiger partial charge in [0.1, 0.15) is 5.75 Å². The molecule has 2 rings (SSSR count). The summed E-state index contributed by atoms with van der Waals surface area (Å²) in [5.41, 5.74) is 3.75. The largest absolute Gasteiger partial charge is 0.467 e. The first-order valence-corrected chi connectivity index (χ1v) is 9.54. The van der Waals surface area contributed by atoms with Gasteiger partial charge in [-0.15, -0.1) is 0 Å². The number of hydrogen-bond donors (Lipinski definition) is 0. The highest BCUT2D eigenvalue weighted by Gasteiger charge is 2.23. The second kappa shape index (κ2) is 8.21. The summed E-state index contributed by atoms with van der Waals surface area (Å²) in [7, 11) is 6.36. The standard InChI is InChI=1S/C21H30NO2P/c1-15-12-16(21(2,3)4)20(24-14-23-7)19(13-15)25-18-11-9-8-10-17(18)22(5)6/h8-13,25H,14H2,1-7H3. The van der Waals surface area contributed by atoms with Crippen LogP contribution in [0.1, 0.15) is 31.9 Å². The zero-order valence-corrected chi connectivity index (χ0v) is 17.4. The molecule has 0 fully saturated rings. The Hall–Kier alpha value is -1.57. The number of aryl methyl sites for hydroxylation is 1. The molecule has 0 N–H and O–H groups in total. The van der Waals surface area contributed by atoms with Gasteiger partial charge in [-0.2, -0.15) is 0 Å². The number of hydrogen-bond acceptors (Lipinski definition) is 3. The smallest absolute Gasteiger partial charge is 0.188 e. The van der Waals surface area contributed by atoms with Crippen LogP contribution in [0.5, 0.6) is 5.75 Å². The minimum atomic E-state index is 0.00932. The molecule has 1 atom stereocenters. The van der Waals surface area contributed by atoms with Crippen molar-refractivity contribution in [2.24, 2.45) is 0 Å². The third-order valence-corrected chi connectivity index (χ3v) is 5.35. The molecule has 2 aromatic carbocycles. The van der Waals surface area contributed by atoms with Crippen molar-refractivity contribution in [1.29, 1.82) is 0 Å². The minimum absolute atomic E-state index is 0.00932. The molecule has 0 amide bonds. The zero-order chi connectivity index (χ0) is 18.6. The van der Waals surface area contributed by atoms with E-state index in [0.29, 0.717) is 8.58 Å². The summed E-state index contributed by atoms with van der Waals surface area (Å²) in [6, 6.07) is 13.0. The fraction of sp³-hybridized carbons (Fsp3) is 0.429. The van der Waals surface area contributed by atoms with E-state index >= 15 is 0 Å². The van der Waals surface area contributed by atoms with Gasteiger partial charge in [0.05, 0.1) is 0 Å². The Morgan fingerprint density at radius 3 is 2.32 bits per heavy atom. The van der Waals surface area contributed by atoms with Crippen LogP contribution >= 0.6 is 8.58 Å². The Balaban J connectivity index is 2.55. The Morgan fingerprint density at radius 2 is 1.72 bits per heavy atom. The predicted octanol–water partition coefficient (Wildman–Crippen LogP) is 3.97. The van der Waals surface area contributed by atoms with Crippen LogP contribution in [0.2, 0.25) is 0 Å². The Morgan fingerprint density at radius 1 is 1.04 bits per heavy atom. The molecular weight excluding hydrogens is 329 g/mol. The molecule has 136 valence electrons. The highest BCUT2D eigenvalue weighted by atomic mass is 31.1. The highest BCUT2D eigenvalue weighted by Crippen LogP contribution is 2.35. The molecule has 0 heterocycles. The maximum Gasteiger partial charge on any atom is 0.188 e. The van der Waals surface area contributed by atoms with Crippen molar-refractivity contribution >= 4 is 24.9 Å². The van der Waals surface area contributed by atoms with Crippen LogP contribution in [-0.2, 0) is 10.2 Å². The summed E-state index contributed by atoms with van der Waals surface area (Å²) in [5.74, 6) is 0.965. The van der Waals surface area contributed by atoms with Crippen LogP contribution in [0.15, 0.2) is 36.4 Å². The summed E-state index contributed by atoms with van der Waals surface area (Å²) in [5, 5.41) is 2.55. The summed E-state index contributed by atoms with van der Waals surface area (Å²) in [6.45, 7) is 9.09. The fourth-order valence-electron chi connectivity index (χ4n) is 2.81. The molecule has 0 saturated carbocycles. The van der Waals surface area contributed by atoms with Crippen LogP contribution in [0.25, 0.3) is 0 Å². The lowest BCUT2D eigenvalue weighted by Crippen LogP contribution is -2.22. The van der Waals surface area contributed by atoms with Gasteiger partial charge in [-0.3, -0.25) is 0 Å². The predicted molar refractivity (Wildman–Crippen MR) is 111 cm³/mol. The lowest BCUT2D eigenvalue weighted by Gasteiger charge is -2.26. The Labute approximate surface area is 154 Å². The third kappa shape index (κ3) is 4.96. The van der Waals surface area contributed by atoms with Crippen molar-refractivity contribution < 1.29 is 9.47 Å². The van der Waals surface area contributed by atoms with E-state index < -0.39 is 0 Å². The van der Waals surface area contributed by atoms with Gasteiger partial charge in [0, 0.05) is 43.1 Å². The molecule has 0 aliphatic carbocycles. The van der Waals surface area contributed by atoms with Crippen LogP contribution in [0, 0.1) is 6.92 Å². The molecule has 25 heavy (non-hydrogen) atoms. The molecule has 0 radical (unpaired) electrons. The molecular formula is C21H30NO2P. The lowest BCUT2D eigenvalue weighted by molar-refractivity contribution is 0.0506. The average Bonchev–Trinajstić information content (AvgIpc) is 2.53. The van der Waals surface area contributed by atoms with E-state index in [9.17, 15) is 0 Å². The van der Waals surface area contributed by atoms with Gasteiger partial charge in [0.25, 0.3) is 0 Å². The number of methoxy groups -OCH3 is 1. The SMILES string of the molecule is COCOc1c(Pc2ccccc2N(C)C)cc(C)cc1C(C)(C)C. The molecule has 0 bridgehead atoms. The van der Waals surface area contributed by atoms with E-state index in [1.165, 1.54) is 27.4 Å². The van der Waals surface area contributed by atoms with E-state index in [-0.39, 0.29) is 12.2 Å². The summed E-state index contributed by atoms with van der Waals surface area (Å²) < 4.78 is 11.2. The number of nitrogens with zero attached hydrogens (tertiary/aromatic N) is 1. The van der Waals surface area contributed by atoms with Crippen molar-refractivity contribution in [3.05, 3.63) is 47.5 Å². The van der Waals surface area contributed by atoms with Crippen LogP contribution in [0.4, 0.5) is 5.69 Å². The number of rotatable bonds is 6.